The average Bonchev–Trinajstić information content (AvgIpc) is 2.28. The zero-order valence-corrected chi connectivity index (χ0v) is 11.6. The largest absolute Gasteiger partial charge is 0.464 e. The summed E-state index contributed by atoms with van der Waals surface area (Å²) in [7, 11) is 0. The van der Waals surface area contributed by atoms with Crippen LogP contribution in [0.1, 0.15) is 20.8 Å². The summed E-state index contributed by atoms with van der Waals surface area (Å²) in [4.78, 5) is 11.6. The second-order valence-electron chi connectivity index (χ2n) is 3.92. The molecule has 7 heteroatoms. The van der Waals surface area contributed by atoms with Gasteiger partial charge in [0, 0.05) is 6.61 Å². The van der Waals surface area contributed by atoms with Crippen LogP contribution < -0.4 is 9.47 Å². The van der Waals surface area contributed by atoms with Gasteiger partial charge in [0.05, 0.1) is 13.2 Å². The van der Waals surface area contributed by atoms with Crippen molar-refractivity contribution in [3.05, 3.63) is 5.28 Å². The van der Waals surface area contributed by atoms with E-state index < -0.39 is 0 Å². The standard InChI is InChI=1S/C11H18ClN3O3/c1-4-17-10-13-9(12)14-11(15-10)18-6-5-16-7-8(2)3/h8H,4-7H2,1-3H3. The minimum absolute atomic E-state index is 0.0477. The van der Waals surface area contributed by atoms with Crippen LogP contribution in [0.2, 0.25) is 5.28 Å². The van der Waals surface area contributed by atoms with E-state index in [2.05, 4.69) is 28.8 Å². The maximum absolute atomic E-state index is 5.71. The first-order chi connectivity index (χ1) is 8.61. The quantitative estimate of drug-likeness (QED) is 0.676. The molecule has 0 unspecified atom stereocenters. The zero-order valence-electron chi connectivity index (χ0n) is 10.9. The fraction of sp³-hybridized carbons (Fsp3) is 0.727. The fourth-order valence-electron chi connectivity index (χ4n) is 1.08. The first kappa shape index (κ1) is 14.9. The molecule has 1 heterocycles. The zero-order chi connectivity index (χ0) is 13.4. The van der Waals surface area contributed by atoms with Crippen LogP contribution in [0, 0.1) is 5.92 Å². The molecule has 0 aromatic carbocycles. The molecule has 0 spiro atoms. The van der Waals surface area contributed by atoms with Crippen LogP contribution in [0.15, 0.2) is 0 Å². The van der Waals surface area contributed by atoms with Crippen LogP contribution in [0.25, 0.3) is 0 Å². The van der Waals surface area contributed by atoms with Gasteiger partial charge in [-0.25, -0.2) is 0 Å². The van der Waals surface area contributed by atoms with Gasteiger partial charge < -0.3 is 14.2 Å². The maximum atomic E-state index is 5.71. The molecule has 1 aromatic heterocycles. The Kier molecular flexibility index (Phi) is 6.67. The molecule has 0 aliphatic rings. The average molecular weight is 276 g/mol. The minimum atomic E-state index is 0.0477. The monoisotopic (exact) mass is 275 g/mol. The van der Waals surface area contributed by atoms with Gasteiger partial charge in [0.15, 0.2) is 0 Å². The van der Waals surface area contributed by atoms with E-state index in [1.165, 1.54) is 0 Å². The summed E-state index contributed by atoms with van der Waals surface area (Å²) in [6.45, 7) is 7.99. The van der Waals surface area contributed by atoms with Crippen LogP contribution in [-0.4, -0.2) is 41.4 Å². The van der Waals surface area contributed by atoms with Gasteiger partial charge in [0.2, 0.25) is 5.28 Å². The molecular formula is C11H18ClN3O3. The van der Waals surface area contributed by atoms with Gasteiger partial charge in [-0.15, -0.1) is 4.98 Å². The molecule has 0 fully saturated rings. The van der Waals surface area contributed by atoms with Crippen molar-refractivity contribution in [2.75, 3.05) is 26.4 Å². The van der Waals surface area contributed by atoms with Crippen LogP contribution in [0.4, 0.5) is 0 Å². The topological polar surface area (TPSA) is 66.4 Å². The smallest absolute Gasteiger partial charge is 0.324 e. The number of ether oxygens (including phenoxy) is 3. The highest BCUT2D eigenvalue weighted by atomic mass is 35.5. The van der Waals surface area contributed by atoms with E-state index in [1.54, 1.807) is 0 Å². The highest BCUT2D eigenvalue weighted by Gasteiger charge is 2.06. The lowest BCUT2D eigenvalue weighted by Gasteiger charge is -2.08. The predicted molar refractivity (Wildman–Crippen MR) is 67.2 cm³/mol. The van der Waals surface area contributed by atoms with Crippen molar-refractivity contribution >= 4 is 11.6 Å². The lowest BCUT2D eigenvalue weighted by Crippen LogP contribution is -2.12. The molecular weight excluding hydrogens is 258 g/mol. The van der Waals surface area contributed by atoms with Crippen LogP contribution in [-0.2, 0) is 4.74 Å². The Labute approximate surface area is 112 Å². The Hall–Kier alpha value is -1.14. The molecule has 18 heavy (non-hydrogen) atoms. The molecule has 0 aliphatic heterocycles. The van der Waals surface area contributed by atoms with E-state index in [4.69, 9.17) is 25.8 Å². The Morgan fingerprint density at radius 2 is 1.72 bits per heavy atom. The van der Waals surface area contributed by atoms with E-state index in [-0.39, 0.29) is 17.3 Å². The molecule has 0 atom stereocenters. The fourth-order valence-corrected chi connectivity index (χ4v) is 1.23. The van der Waals surface area contributed by atoms with Crippen molar-refractivity contribution in [3.63, 3.8) is 0 Å². The SMILES string of the molecule is CCOc1nc(Cl)nc(OCCOCC(C)C)n1. The summed E-state index contributed by atoms with van der Waals surface area (Å²) < 4.78 is 15.8. The second-order valence-corrected chi connectivity index (χ2v) is 4.26. The molecule has 0 amide bonds. The number of hydrogen-bond donors (Lipinski definition) is 0. The van der Waals surface area contributed by atoms with Crippen molar-refractivity contribution in [2.24, 2.45) is 5.92 Å². The van der Waals surface area contributed by atoms with Crippen LogP contribution >= 0.6 is 11.6 Å². The van der Waals surface area contributed by atoms with Gasteiger partial charge in [0.25, 0.3) is 0 Å². The summed E-state index contributed by atoms with van der Waals surface area (Å²) in [5.41, 5.74) is 0. The molecule has 0 aliphatic carbocycles. The molecule has 0 saturated heterocycles. The van der Waals surface area contributed by atoms with Gasteiger partial charge in [-0.1, -0.05) is 13.8 Å². The van der Waals surface area contributed by atoms with Crippen molar-refractivity contribution in [2.45, 2.75) is 20.8 Å². The van der Waals surface area contributed by atoms with E-state index in [1.807, 2.05) is 6.92 Å². The summed E-state index contributed by atoms with van der Waals surface area (Å²) in [5.74, 6) is 0.501. The van der Waals surface area contributed by atoms with Crippen LogP contribution in [0.5, 0.6) is 12.0 Å². The summed E-state index contributed by atoms with van der Waals surface area (Å²) in [5, 5.41) is 0.0477. The maximum Gasteiger partial charge on any atom is 0.324 e. The van der Waals surface area contributed by atoms with Crippen molar-refractivity contribution in [1.82, 2.24) is 15.0 Å². The van der Waals surface area contributed by atoms with Crippen molar-refractivity contribution in [3.8, 4) is 12.0 Å². The van der Waals surface area contributed by atoms with Crippen LogP contribution in [0.3, 0.4) is 0 Å². The first-order valence-corrected chi connectivity index (χ1v) is 6.24. The Morgan fingerprint density at radius 3 is 2.33 bits per heavy atom. The minimum Gasteiger partial charge on any atom is -0.464 e. The van der Waals surface area contributed by atoms with Gasteiger partial charge in [-0.2, -0.15) is 9.97 Å². The van der Waals surface area contributed by atoms with Crippen molar-refractivity contribution < 1.29 is 14.2 Å². The van der Waals surface area contributed by atoms with Crippen molar-refractivity contribution in [1.29, 1.82) is 0 Å². The normalized spacial score (nSPS) is 10.7. The van der Waals surface area contributed by atoms with Gasteiger partial charge in [-0.05, 0) is 24.4 Å². The Morgan fingerprint density at radius 1 is 1.06 bits per heavy atom. The highest BCUT2D eigenvalue weighted by Crippen LogP contribution is 2.12. The van der Waals surface area contributed by atoms with E-state index in [0.717, 1.165) is 0 Å². The third kappa shape index (κ3) is 5.97. The lowest BCUT2D eigenvalue weighted by molar-refractivity contribution is 0.0787. The molecule has 6 nitrogen and oxygen atoms in total. The number of nitrogens with zero attached hydrogens (tertiary/aromatic N) is 3. The number of rotatable bonds is 8. The van der Waals surface area contributed by atoms with Gasteiger partial charge in [0.1, 0.15) is 6.61 Å². The molecule has 1 aromatic rings. The molecule has 0 radical (unpaired) electrons. The molecule has 0 saturated carbocycles. The molecule has 1 rings (SSSR count). The summed E-state index contributed by atoms with van der Waals surface area (Å²) in [6, 6.07) is 0.308. The summed E-state index contributed by atoms with van der Waals surface area (Å²) in [6.07, 6.45) is 0. The molecule has 0 N–H and O–H groups in total. The molecule has 0 bridgehead atoms. The van der Waals surface area contributed by atoms with E-state index >= 15 is 0 Å². The number of aromatic nitrogens is 3. The third-order valence-electron chi connectivity index (χ3n) is 1.75. The van der Waals surface area contributed by atoms with E-state index in [9.17, 15) is 0 Å². The Bertz CT molecular complexity index is 363. The number of halogens is 1. The van der Waals surface area contributed by atoms with Gasteiger partial charge in [-0.3, -0.25) is 0 Å². The first-order valence-electron chi connectivity index (χ1n) is 5.86. The van der Waals surface area contributed by atoms with E-state index in [0.29, 0.717) is 32.3 Å². The summed E-state index contributed by atoms with van der Waals surface area (Å²) >= 11 is 5.71. The second kappa shape index (κ2) is 8.05. The molecule has 102 valence electrons. The predicted octanol–water partition coefficient (Wildman–Crippen LogP) is 1.98. The van der Waals surface area contributed by atoms with Gasteiger partial charge >= 0.3 is 12.0 Å². The highest BCUT2D eigenvalue weighted by molar-refractivity contribution is 6.28. The third-order valence-corrected chi connectivity index (χ3v) is 1.92. The lowest BCUT2D eigenvalue weighted by atomic mass is 10.2. The Balaban J connectivity index is 2.37. The number of hydrogen-bond acceptors (Lipinski definition) is 6.